The van der Waals surface area contributed by atoms with Gasteiger partial charge in [0.2, 0.25) is 0 Å². The number of hydrogen-bond acceptors (Lipinski definition) is 5. The van der Waals surface area contributed by atoms with Crippen molar-refractivity contribution in [3.63, 3.8) is 0 Å². The molecule has 3 heterocycles. The van der Waals surface area contributed by atoms with Crippen LogP contribution in [0.15, 0.2) is 71.8 Å². The maximum Gasteiger partial charge on any atom is 0.333 e. The average molecular weight is 550 g/mol. The number of nitrogens with one attached hydrogen (secondary N) is 1. The molecule has 0 amide bonds. The molecule has 0 aliphatic heterocycles. The third-order valence-electron chi connectivity index (χ3n) is 7.43. The van der Waals surface area contributed by atoms with Gasteiger partial charge in [-0.25, -0.2) is 9.89 Å². The maximum atomic E-state index is 14.2. The Hall–Kier alpha value is -4.33. The van der Waals surface area contributed by atoms with Crippen molar-refractivity contribution in [1.82, 2.24) is 34.7 Å². The first kappa shape index (κ1) is 28.2. The number of benzene rings is 2. The molecule has 41 heavy (non-hydrogen) atoms. The van der Waals surface area contributed by atoms with Gasteiger partial charge in [0.05, 0.1) is 17.9 Å². The molecular weight excluding hydrogens is 510 g/mol. The smallest absolute Gasteiger partial charge is 0.292 e. The summed E-state index contributed by atoms with van der Waals surface area (Å²) in [4.78, 5) is 18.9. The summed E-state index contributed by atoms with van der Waals surface area (Å²) in [6.45, 7) is 15.8. The Morgan fingerprint density at radius 1 is 0.854 bits per heavy atom. The van der Waals surface area contributed by atoms with Gasteiger partial charge in [-0.2, -0.15) is 0 Å². The van der Waals surface area contributed by atoms with Gasteiger partial charge in [-0.1, -0.05) is 103 Å². The van der Waals surface area contributed by atoms with Crippen LogP contribution >= 0.6 is 0 Å². The highest BCUT2D eigenvalue weighted by Gasteiger charge is 2.28. The van der Waals surface area contributed by atoms with E-state index in [1.165, 1.54) is 11.1 Å². The number of H-pyrrole nitrogens is 1. The molecule has 0 saturated heterocycles. The van der Waals surface area contributed by atoms with Crippen LogP contribution < -0.4 is 5.69 Å². The molecule has 5 aromatic rings. The van der Waals surface area contributed by atoms with Gasteiger partial charge >= 0.3 is 5.69 Å². The van der Waals surface area contributed by atoms with Crippen molar-refractivity contribution in [3.8, 4) is 28.3 Å². The summed E-state index contributed by atoms with van der Waals surface area (Å²) in [5, 5.41) is 14.3. The molecule has 0 aliphatic rings. The standard InChI is InChI=1S/C33H39N7O/c1-8-12-23-21-40(29-26(32(2,3)4)15-11-16-27(29)33(5,6)7)31(41)39(23)20-22-17-18-28(34-19-22)24-13-9-10-14-25(24)30-35-37-38-36-30/h9-11,13-19,21H,8,12,20H2,1-7H3,(H,35,36,37,38). The van der Waals surface area contributed by atoms with Crippen LogP contribution in [0.4, 0.5) is 0 Å². The summed E-state index contributed by atoms with van der Waals surface area (Å²) in [6, 6.07) is 18.4. The molecule has 0 aliphatic carbocycles. The Labute approximate surface area is 241 Å². The van der Waals surface area contributed by atoms with E-state index in [1.54, 1.807) is 0 Å². The summed E-state index contributed by atoms with van der Waals surface area (Å²) in [5.74, 6) is 0.591. The van der Waals surface area contributed by atoms with E-state index >= 15 is 0 Å². The highest BCUT2D eigenvalue weighted by atomic mass is 16.1. The molecule has 0 bridgehead atoms. The minimum Gasteiger partial charge on any atom is -0.292 e. The summed E-state index contributed by atoms with van der Waals surface area (Å²) < 4.78 is 3.79. The number of tetrazole rings is 1. The van der Waals surface area contributed by atoms with Crippen molar-refractivity contribution >= 4 is 0 Å². The lowest BCUT2D eigenvalue weighted by molar-refractivity contribution is 0.559. The Morgan fingerprint density at radius 2 is 1.54 bits per heavy atom. The molecule has 8 nitrogen and oxygen atoms in total. The van der Waals surface area contributed by atoms with Crippen LogP contribution in [-0.4, -0.2) is 34.7 Å². The molecule has 0 atom stereocenters. The number of aryl methyl sites for hydroxylation is 1. The molecule has 8 heteroatoms. The minimum atomic E-state index is -0.124. The average Bonchev–Trinajstić information content (AvgIpc) is 3.57. The number of hydrogen-bond donors (Lipinski definition) is 1. The molecule has 0 radical (unpaired) electrons. The van der Waals surface area contributed by atoms with Crippen LogP contribution in [0.25, 0.3) is 28.3 Å². The van der Waals surface area contributed by atoms with E-state index in [4.69, 9.17) is 4.98 Å². The molecule has 3 aromatic heterocycles. The van der Waals surface area contributed by atoms with Crippen LogP contribution in [0.3, 0.4) is 0 Å². The molecule has 0 saturated carbocycles. The molecule has 0 unspecified atom stereocenters. The Kier molecular flexibility index (Phi) is 7.51. The largest absolute Gasteiger partial charge is 0.333 e. The van der Waals surface area contributed by atoms with E-state index in [2.05, 4.69) is 93.5 Å². The summed E-state index contributed by atoms with van der Waals surface area (Å²) in [6.07, 6.45) is 5.67. The van der Waals surface area contributed by atoms with E-state index in [0.717, 1.165) is 46.6 Å². The third-order valence-corrected chi connectivity index (χ3v) is 7.43. The fraction of sp³-hybridized carbons (Fsp3) is 0.364. The number of aromatic nitrogens is 7. The first-order chi connectivity index (χ1) is 19.5. The van der Waals surface area contributed by atoms with Gasteiger partial charge in [0.1, 0.15) is 0 Å². The van der Waals surface area contributed by atoms with Gasteiger partial charge in [-0.05, 0) is 50.4 Å². The molecule has 0 spiro atoms. The lowest BCUT2D eigenvalue weighted by Crippen LogP contribution is -2.29. The fourth-order valence-electron chi connectivity index (χ4n) is 5.37. The quantitative estimate of drug-likeness (QED) is 0.251. The van der Waals surface area contributed by atoms with E-state index < -0.39 is 0 Å². The third kappa shape index (κ3) is 5.64. The first-order valence-corrected chi connectivity index (χ1v) is 14.2. The number of imidazole rings is 1. The second-order valence-electron chi connectivity index (χ2n) is 12.7. The number of rotatable bonds is 7. The zero-order valence-corrected chi connectivity index (χ0v) is 25.1. The number of para-hydroxylation sites is 1. The molecule has 2 aromatic carbocycles. The van der Waals surface area contributed by atoms with Crippen molar-refractivity contribution in [2.24, 2.45) is 0 Å². The van der Waals surface area contributed by atoms with Gasteiger partial charge < -0.3 is 0 Å². The van der Waals surface area contributed by atoms with Crippen LogP contribution in [0.2, 0.25) is 0 Å². The Bertz CT molecular complexity index is 1660. The lowest BCUT2D eigenvalue weighted by Gasteiger charge is -2.29. The van der Waals surface area contributed by atoms with Crippen molar-refractivity contribution < 1.29 is 0 Å². The first-order valence-electron chi connectivity index (χ1n) is 14.2. The maximum absolute atomic E-state index is 14.2. The lowest BCUT2D eigenvalue weighted by atomic mass is 9.78. The molecular formula is C33H39N7O. The highest BCUT2D eigenvalue weighted by Crippen LogP contribution is 2.36. The van der Waals surface area contributed by atoms with Crippen LogP contribution in [-0.2, 0) is 23.8 Å². The van der Waals surface area contributed by atoms with Gasteiger partial charge in [-0.15, -0.1) is 5.10 Å². The van der Waals surface area contributed by atoms with Crippen LogP contribution in [0.5, 0.6) is 0 Å². The van der Waals surface area contributed by atoms with Gasteiger partial charge in [0, 0.05) is 29.2 Å². The zero-order chi connectivity index (χ0) is 29.4. The van der Waals surface area contributed by atoms with Gasteiger partial charge in [0.25, 0.3) is 0 Å². The van der Waals surface area contributed by atoms with Crippen LogP contribution in [0.1, 0.15) is 77.3 Å². The van der Waals surface area contributed by atoms with E-state index in [1.807, 2.05) is 51.7 Å². The number of aromatic amines is 1. The minimum absolute atomic E-state index is 0.0251. The van der Waals surface area contributed by atoms with Crippen molar-refractivity contribution in [1.29, 1.82) is 0 Å². The van der Waals surface area contributed by atoms with Crippen molar-refractivity contribution in [2.45, 2.75) is 78.7 Å². The van der Waals surface area contributed by atoms with Crippen molar-refractivity contribution in [2.75, 3.05) is 0 Å². The summed E-state index contributed by atoms with van der Waals surface area (Å²) >= 11 is 0. The Morgan fingerprint density at radius 3 is 2.10 bits per heavy atom. The highest BCUT2D eigenvalue weighted by molar-refractivity contribution is 5.78. The topological polar surface area (TPSA) is 94.3 Å². The molecule has 1 N–H and O–H groups in total. The normalized spacial score (nSPS) is 12.2. The summed E-state index contributed by atoms with van der Waals surface area (Å²) in [7, 11) is 0. The van der Waals surface area contributed by atoms with Gasteiger partial charge in [-0.3, -0.25) is 14.1 Å². The number of nitrogens with zero attached hydrogens (tertiary/aromatic N) is 6. The zero-order valence-electron chi connectivity index (χ0n) is 25.1. The van der Waals surface area contributed by atoms with E-state index in [9.17, 15) is 4.79 Å². The van der Waals surface area contributed by atoms with E-state index in [-0.39, 0.29) is 16.5 Å². The monoisotopic (exact) mass is 549 g/mol. The van der Waals surface area contributed by atoms with Crippen LogP contribution in [0, 0.1) is 0 Å². The molecule has 212 valence electrons. The van der Waals surface area contributed by atoms with Crippen molar-refractivity contribution in [3.05, 3.63) is 99.9 Å². The van der Waals surface area contributed by atoms with E-state index in [0.29, 0.717) is 12.4 Å². The SMILES string of the molecule is CCCc1cn(-c2c(C(C)(C)C)cccc2C(C)(C)C)c(=O)n1Cc1ccc(-c2ccccc2-c2nnn[nH]2)nc1. The second-order valence-corrected chi connectivity index (χ2v) is 12.7. The predicted octanol–water partition coefficient (Wildman–Crippen LogP) is 6.48. The van der Waals surface area contributed by atoms with Gasteiger partial charge in [0.15, 0.2) is 5.82 Å². The fourth-order valence-corrected chi connectivity index (χ4v) is 5.37. The second kappa shape index (κ2) is 10.9. The number of pyridine rings is 1. The predicted molar refractivity (Wildman–Crippen MR) is 163 cm³/mol. The molecule has 0 fully saturated rings. The Balaban J connectivity index is 1.56. The summed E-state index contributed by atoms with van der Waals surface area (Å²) in [5.41, 5.74) is 7.67. The molecule has 5 rings (SSSR count).